The fourth-order valence-electron chi connectivity index (χ4n) is 2.84. The SMILES string of the molecule is CN=C(NCc1cnn(-c2ccc(Cl)cc2)c1)Nc1cc(OC)c(OC)c(OC)c1. The minimum Gasteiger partial charge on any atom is -0.493 e. The standard InChI is InChI=1S/C21H24ClN5O3/c1-23-21(26-16-9-18(28-2)20(30-4)19(10-16)29-3)24-11-14-12-25-27(13-14)17-7-5-15(22)6-8-17/h5-10,12-13H,11H2,1-4H3,(H2,23,24,26). The lowest BCUT2D eigenvalue weighted by molar-refractivity contribution is 0.324. The second kappa shape index (κ2) is 9.89. The smallest absolute Gasteiger partial charge is 0.203 e. The number of guanidine groups is 1. The van der Waals surface area contributed by atoms with Gasteiger partial charge in [-0.25, -0.2) is 4.68 Å². The highest BCUT2D eigenvalue weighted by Gasteiger charge is 2.14. The summed E-state index contributed by atoms with van der Waals surface area (Å²) in [6, 6.07) is 11.1. The van der Waals surface area contributed by atoms with Crippen LogP contribution in [0.2, 0.25) is 5.02 Å². The lowest BCUT2D eigenvalue weighted by atomic mass is 10.2. The Kier molecular flexibility index (Phi) is 7.03. The molecule has 0 aliphatic rings. The van der Waals surface area contributed by atoms with Crippen LogP contribution in [0.15, 0.2) is 53.8 Å². The number of halogens is 1. The molecule has 3 rings (SSSR count). The van der Waals surface area contributed by atoms with Crippen molar-refractivity contribution in [1.29, 1.82) is 0 Å². The van der Waals surface area contributed by atoms with Crippen molar-refractivity contribution in [3.63, 3.8) is 0 Å². The van der Waals surface area contributed by atoms with E-state index in [0.29, 0.717) is 34.8 Å². The number of hydrogen-bond donors (Lipinski definition) is 2. The highest BCUT2D eigenvalue weighted by molar-refractivity contribution is 6.30. The molecule has 2 N–H and O–H groups in total. The van der Waals surface area contributed by atoms with Gasteiger partial charge in [-0.3, -0.25) is 4.99 Å². The van der Waals surface area contributed by atoms with Gasteiger partial charge in [0.15, 0.2) is 17.5 Å². The van der Waals surface area contributed by atoms with Gasteiger partial charge in [0.05, 0.1) is 33.2 Å². The third-order valence-corrected chi connectivity index (χ3v) is 4.59. The predicted molar refractivity (Wildman–Crippen MR) is 118 cm³/mol. The van der Waals surface area contributed by atoms with E-state index >= 15 is 0 Å². The van der Waals surface area contributed by atoms with Crippen molar-refractivity contribution < 1.29 is 14.2 Å². The number of nitrogens with zero attached hydrogens (tertiary/aromatic N) is 3. The van der Waals surface area contributed by atoms with E-state index < -0.39 is 0 Å². The number of rotatable bonds is 7. The lowest BCUT2D eigenvalue weighted by Crippen LogP contribution is -2.30. The molecule has 0 aliphatic carbocycles. The predicted octanol–water partition coefficient (Wildman–Crippen LogP) is 3.74. The summed E-state index contributed by atoms with van der Waals surface area (Å²) in [5.74, 6) is 2.23. The van der Waals surface area contributed by atoms with Crippen molar-refractivity contribution >= 4 is 23.2 Å². The summed E-state index contributed by atoms with van der Waals surface area (Å²) >= 11 is 5.94. The highest BCUT2D eigenvalue weighted by atomic mass is 35.5. The van der Waals surface area contributed by atoms with Gasteiger partial charge in [-0.1, -0.05) is 11.6 Å². The Morgan fingerprint density at radius 1 is 1.07 bits per heavy atom. The molecule has 8 nitrogen and oxygen atoms in total. The second-order valence-corrected chi connectivity index (χ2v) is 6.67. The maximum absolute atomic E-state index is 5.94. The molecule has 0 fully saturated rings. The summed E-state index contributed by atoms with van der Waals surface area (Å²) in [5.41, 5.74) is 2.68. The largest absolute Gasteiger partial charge is 0.493 e. The van der Waals surface area contributed by atoms with E-state index in [0.717, 1.165) is 16.9 Å². The molecule has 2 aromatic carbocycles. The molecule has 0 saturated carbocycles. The minimum atomic E-state index is 0.531. The van der Waals surface area contributed by atoms with E-state index in [1.54, 1.807) is 39.3 Å². The van der Waals surface area contributed by atoms with Gasteiger partial charge >= 0.3 is 0 Å². The highest BCUT2D eigenvalue weighted by Crippen LogP contribution is 2.39. The number of methoxy groups -OCH3 is 3. The first-order valence-corrected chi connectivity index (χ1v) is 9.53. The van der Waals surface area contributed by atoms with Crippen molar-refractivity contribution in [3.05, 3.63) is 59.4 Å². The van der Waals surface area contributed by atoms with Crippen LogP contribution in [0.5, 0.6) is 17.2 Å². The molecule has 0 aliphatic heterocycles. The van der Waals surface area contributed by atoms with E-state index in [1.165, 1.54) is 0 Å². The molecule has 0 bridgehead atoms. The van der Waals surface area contributed by atoms with Crippen LogP contribution in [0, 0.1) is 0 Å². The van der Waals surface area contributed by atoms with Crippen LogP contribution >= 0.6 is 11.6 Å². The Hall–Kier alpha value is -3.39. The van der Waals surface area contributed by atoms with Gasteiger partial charge in [0.1, 0.15) is 0 Å². The molecule has 0 amide bonds. The molecule has 1 aromatic heterocycles. The summed E-state index contributed by atoms with van der Waals surface area (Å²) in [5, 5.41) is 11.6. The molecule has 9 heteroatoms. The second-order valence-electron chi connectivity index (χ2n) is 6.23. The molecule has 0 saturated heterocycles. The van der Waals surface area contributed by atoms with E-state index in [1.807, 2.05) is 42.6 Å². The van der Waals surface area contributed by atoms with E-state index in [9.17, 15) is 0 Å². The normalized spacial score (nSPS) is 11.2. The Labute approximate surface area is 180 Å². The van der Waals surface area contributed by atoms with Gasteiger partial charge in [0, 0.05) is 48.2 Å². The lowest BCUT2D eigenvalue weighted by Gasteiger charge is -2.16. The summed E-state index contributed by atoms with van der Waals surface area (Å²) in [7, 11) is 6.42. The molecular formula is C21H24ClN5O3. The Morgan fingerprint density at radius 3 is 2.30 bits per heavy atom. The Morgan fingerprint density at radius 2 is 1.73 bits per heavy atom. The van der Waals surface area contributed by atoms with E-state index in [-0.39, 0.29) is 0 Å². The van der Waals surface area contributed by atoms with Crippen LogP contribution < -0.4 is 24.8 Å². The number of aromatic nitrogens is 2. The van der Waals surface area contributed by atoms with Gasteiger partial charge in [-0.15, -0.1) is 0 Å². The zero-order chi connectivity index (χ0) is 21.5. The molecule has 158 valence electrons. The van der Waals surface area contributed by atoms with Crippen LogP contribution in [-0.4, -0.2) is 44.1 Å². The first-order chi connectivity index (χ1) is 14.6. The van der Waals surface area contributed by atoms with Crippen molar-refractivity contribution in [2.45, 2.75) is 6.54 Å². The van der Waals surface area contributed by atoms with Crippen molar-refractivity contribution in [3.8, 4) is 22.9 Å². The number of anilines is 1. The third kappa shape index (κ3) is 4.96. The van der Waals surface area contributed by atoms with Gasteiger partial charge in [0.2, 0.25) is 5.75 Å². The maximum Gasteiger partial charge on any atom is 0.203 e. The van der Waals surface area contributed by atoms with Crippen molar-refractivity contribution in [2.24, 2.45) is 4.99 Å². The van der Waals surface area contributed by atoms with E-state index in [2.05, 4.69) is 20.7 Å². The summed E-state index contributed by atoms with van der Waals surface area (Å²) < 4.78 is 17.9. The average Bonchev–Trinajstić information content (AvgIpc) is 3.25. The van der Waals surface area contributed by atoms with Crippen LogP contribution in [0.4, 0.5) is 5.69 Å². The molecule has 0 radical (unpaired) electrons. The van der Waals surface area contributed by atoms with Crippen LogP contribution in [-0.2, 0) is 6.54 Å². The van der Waals surface area contributed by atoms with E-state index in [4.69, 9.17) is 25.8 Å². The zero-order valence-corrected chi connectivity index (χ0v) is 18.0. The molecular weight excluding hydrogens is 406 g/mol. The molecule has 0 unspecified atom stereocenters. The third-order valence-electron chi connectivity index (χ3n) is 4.34. The summed E-state index contributed by atoms with van der Waals surface area (Å²) in [6.07, 6.45) is 3.75. The molecule has 0 spiro atoms. The fraction of sp³-hybridized carbons (Fsp3) is 0.238. The topological polar surface area (TPSA) is 81.9 Å². The monoisotopic (exact) mass is 429 g/mol. The number of hydrogen-bond acceptors (Lipinski definition) is 5. The number of ether oxygens (including phenoxy) is 3. The quantitative estimate of drug-likeness (QED) is 0.440. The zero-order valence-electron chi connectivity index (χ0n) is 17.3. The van der Waals surface area contributed by atoms with Gasteiger partial charge < -0.3 is 24.8 Å². The summed E-state index contributed by atoms with van der Waals surface area (Å²) in [4.78, 5) is 4.27. The number of nitrogens with one attached hydrogen (secondary N) is 2. The number of benzene rings is 2. The minimum absolute atomic E-state index is 0.531. The van der Waals surface area contributed by atoms with Crippen molar-refractivity contribution in [2.75, 3.05) is 33.7 Å². The van der Waals surface area contributed by atoms with Gasteiger partial charge in [-0.2, -0.15) is 5.10 Å². The van der Waals surface area contributed by atoms with Crippen LogP contribution in [0.1, 0.15) is 5.56 Å². The van der Waals surface area contributed by atoms with Crippen molar-refractivity contribution in [1.82, 2.24) is 15.1 Å². The average molecular weight is 430 g/mol. The van der Waals surface area contributed by atoms with Gasteiger partial charge in [0.25, 0.3) is 0 Å². The summed E-state index contributed by atoms with van der Waals surface area (Å²) in [6.45, 7) is 0.539. The molecule has 3 aromatic rings. The number of aliphatic imine (C=N–C) groups is 1. The van der Waals surface area contributed by atoms with Crippen LogP contribution in [0.25, 0.3) is 5.69 Å². The van der Waals surface area contributed by atoms with Crippen LogP contribution in [0.3, 0.4) is 0 Å². The Bertz CT molecular complexity index is 993. The fourth-order valence-corrected chi connectivity index (χ4v) is 2.97. The molecule has 1 heterocycles. The molecule has 30 heavy (non-hydrogen) atoms. The first kappa shape index (κ1) is 21.3. The van der Waals surface area contributed by atoms with Gasteiger partial charge in [-0.05, 0) is 24.3 Å². The Balaban J connectivity index is 1.68. The first-order valence-electron chi connectivity index (χ1n) is 9.15. The maximum atomic E-state index is 5.94. The molecule has 0 atom stereocenters.